The molecule has 2 heterocycles. The molecule has 1 amide bonds. The van der Waals surface area contributed by atoms with E-state index in [4.69, 9.17) is 0 Å². The molecule has 0 aliphatic carbocycles. The number of amides is 1. The number of para-hydroxylation sites is 2. The van der Waals surface area contributed by atoms with Gasteiger partial charge in [0.25, 0.3) is 0 Å². The number of carbonyl (C=O) groups is 2. The van der Waals surface area contributed by atoms with Crippen LogP contribution < -0.4 is 5.32 Å². The lowest BCUT2D eigenvalue weighted by Gasteiger charge is -2.10. The number of aromatic nitrogens is 2. The van der Waals surface area contributed by atoms with Crippen LogP contribution in [-0.2, 0) is 16.1 Å². The van der Waals surface area contributed by atoms with Gasteiger partial charge in [-0.05, 0) is 18.6 Å². The number of nitrogens with zero attached hydrogens (tertiary/aromatic N) is 2. The third kappa shape index (κ3) is 3.61. The quantitative estimate of drug-likeness (QED) is 0.642. The third-order valence-electron chi connectivity index (χ3n) is 3.53. The van der Waals surface area contributed by atoms with E-state index in [9.17, 15) is 9.59 Å². The van der Waals surface area contributed by atoms with Crippen LogP contribution in [0.3, 0.4) is 0 Å². The normalized spacial score (nSPS) is 17.6. The summed E-state index contributed by atoms with van der Waals surface area (Å²) in [6.07, 6.45) is 2.53. The van der Waals surface area contributed by atoms with Crippen LogP contribution in [0.5, 0.6) is 0 Å². The van der Waals surface area contributed by atoms with Crippen molar-refractivity contribution in [3.05, 3.63) is 36.9 Å². The zero-order chi connectivity index (χ0) is 16.2. The Hall–Kier alpha value is -1.73. The minimum atomic E-state index is -0.333. The zero-order valence-electron chi connectivity index (χ0n) is 12.5. The lowest BCUT2D eigenvalue weighted by molar-refractivity contribution is -0.122. The minimum Gasteiger partial charge on any atom is -0.345 e. The monoisotopic (exact) mass is 347 g/mol. The van der Waals surface area contributed by atoms with Gasteiger partial charge in [0.15, 0.2) is 5.16 Å². The van der Waals surface area contributed by atoms with E-state index in [2.05, 4.69) is 16.9 Å². The minimum absolute atomic E-state index is 0.0576. The molecule has 0 unspecified atom stereocenters. The molecule has 3 rings (SSSR count). The van der Waals surface area contributed by atoms with Crippen molar-refractivity contribution >= 4 is 45.6 Å². The lowest BCUT2D eigenvalue weighted by Crippen LogP contribution is -2.38. The van der Waals surface area contributed by atoms with Crippen LogP contribution in [-0.4, -0.2) is 38.1 Å². The molecule has 0 spiro atoms. The first-order valence-corrected chi connectivity index (χ1v) is 9.31. The second kappa shape index (κ2) is 7.23. The van der Waals surface area contributed by atoms with Gasteiger partial charge < -0.3 is 9.88 Å². The molecular weight excluding hydrogens is 330 g/mol. The molecule has 0 radical (unpaired) electrons. The van der Waals surface area contributed by atoms with Crippen molar-refractivity contribution in [2.75, 3.05) is 11.5 Å². The topological polar surface area (TPSA) is 64.0 Å². The van der Waals surface area contributed by atoms with Crippen molar-refractivity contribution in [1.29, 1.82) is 0 Å². The Morgan fingerprint density at radius 2 is 2.35 bits per heavy atom. The Labute approximate surface area is 142 Å². The van der Waals surface area contributed by atoms with Crippen LogP contribution >= 0.6 is 23.5 Å². The van der Waals surface area contributed by atoms with Gasteiger partial charge in [-0.25, -0.2) is 4.98 Å². The largest absolute Gasteiger partial charge is 0.345 e. The summed E-state index contributed by atoms with van der Waals surface area (Å²) < 4.78 is 2.04. The second-order valence-corrected chi connectivity index (χ2v) is 7.19. The summed E-state index contributed by atoms with van der Waals surface area (Å²) in [4.78, 5) is 28.2. The van der Waals surface area contributed by atoms with Gasteiger partial charge in [0, 0.05) is 12.3 Å². The first-order chi connectivity index (χ1) is 11.2. The van der Waals surface area contributed by atoms with Gasteiger partial charge in [0.1, 0.15) is 0 Å². The van der Waals surface area contributed by atoms with Gasteiger partial charge in [-0.1, -0.05) is 41.7 Å². The molecule has 5 nitrogen and oxygen atoms in total. The van der Waals surface area contributed by atoms with E-state index < -0.39 is 0 Å². The van der Waals surface area contributed by atoms with Gasteiger partial charge in [-0.3, -0.25) is 9.59 Å². The molecule has 1 fully saturated rings. The van der Waals surface area contributed by atoms with Crippen LogP contribution in [0.4, 0.5) is 0 Å². The Kier molecular flexibility index (Phi) is 5.07. The molecule has 1 atom stereocenters. The van der Waals surface area contributed by atoms with E-state index >= 15 is 0 Å². The number of hydrogen-bond donors (Lipinski definition) is 1. The van der Waals surface area contributed by atoms with Gasteiger partial charge in [-0.15, -0.1) is 6.58 Å². The Morgan fingerprint density at radius 3 is 3.09 bits per heavy atom. The van der Waals surface area contributed by atoms with Crippen molar-refractivity contribution in [1.82, 2.24) is 14.9 Å². The fraction of sp³-hybridized carbons (Fsp3) is 0.312. The smallest absolute Gasteiger partial charge is 0.231 e. The van der Waals surface area contributed by atoms with Crippen LogP contribution in [0.1, 0.15) is 6.42 Å². The van der Waals surface area contributed by atoms with Crippen LogP contribution in [0.25, 0.3) is 11.0 Å². The molecule has 1 saturated heterocycles. The highest BCUT2D eigenvalue weighted by Crippen LogP contribution is 2.24. The van der Waals surface area contributed by atoms with Crippen LogP contribution in [0.2, 0.25) is 0 Å². The predicted octanol–water partition coefficient (Wildman–Crippen LogP) is 2.46. The number of allylic oxidation sites excluding steroid dienone is 1. The summed E-state index contributed by atoms with van der Waals surface area (Å²) in [7, 11) is 0. The molecule has 1 aromatic carbocycles. The highest BCUT2D eigenvalue weighted by Gasteiger charge is 2.26. The number of benzene rings is 1. The molecule has 1 aromatic heterocycles. The number of nitrogens with one attached hydrogen (secondary N) is 1. The number of carbonyl (C=O) groups excluding carboxylic acids is 2. The number of fused-ring (bicyclic) bond motifs is 1. The molecule has 1 N–H and O–H groups in total. The standard InChI is InChI=1S/C16H17N3O2S2/c1-2-8-19-13-6-4-3-5-11(13)18-16(19)23-10-14(20)17-12-7-9-22-15(12)21/h2-6,12H,1,7-10H2,(H,17,20)/t12-/m0/s1. The molecular formula is C16H17N3O2S2. The second-order valence-electron chi connectivity index (χ2n) is 5.15. The summed E-state index contributed by atoms with van der Waals surface area (Å²) >= 11 is 2.67. The molecule has 1 aliphatic rings. The van der Waals surface area contributed by atoms with Gasteiger partial charge in [0.05, 0.1) is 22.8 Å². The Morgan fingerprint density at radius 1 is 1.52 bits per heavy atom. The van der Waals surface area contributed by atoms with Gasteiger partial charge in [0.2, 0.25) is 11.0 Å². The summed E-state index contributed by atoms with van der Waals surface area (Å²) in [5.74, 6) is 0.897. The third-order valence-corrected chi connectivity index (χ3v) is 5.52. The van der Waals surface area contributed by atoms with Crippen LogP contribution in [0.15, 0.2) is 42.1 Å². The molecule has 2 aromatic rings. The molecule has 120 valence electrons. The van der Waals surface area contributed by atoms with Crippen molar-refractivity contribution in [3.63, 3.8) is 0 Å². The molecule has 0 bridgehead atoms. The lowest BCUT2D eigenvalue weighted by atomic mass is 10.2. The number of hydrogen-bond acceptors (Lipinski definition) is 5. The number of imidazole rings is 1. The average Bonchev–Trinajstić information content (AvgIpc) is 3.10. The maximum atomic E-state index is 12.1. The molecule has 23 heavy (non-hydrogen) atoms. The summed E-state index contributed by atoms with van der Waals surface area (Å²) in [6, 6.07) is 7.53. The van der Waals surface area contributed by atoms with Crippen molar-refractivity contribution in [2.45, 2.75) is 24.2 Å². The van der Waals surface area contributed by atoms with E-state index in [1.165, 1.54) is 23.5 Å². The van der Waals surface area contributed by atoms with E-state index in [1.54, 1.807) is 0 Å². The number of thioether (sulfide) groups is 2. The summed E-state index contributed by atoms with van der Waals surface area (Å²) in [6.45, 7) is 4.42. The summed E-state index contributed by atoms with van der Waals surface area (Å²) in [5, 5.41) is 3.64. The fourth-order valence-corrected chi connectivity index (χ4v) is 4.23. The maximum absolute atomic E-state index is 12.1. The van der Waals surface area contributed by atoms with E-state index in [1.807, 2.05) is 34.9 Å². The van der Waals surface area contributed by atoms with Crippen molar-refractivity contribution in [3.8, 4) is 0 Å². The van der Waals surface area contributed by atoms with E-state index in [0.29, 0.717) is 6.54 Å². The van der Waals surface area contributed by atoms with Gasteiger partial charge >= 0.3 is 0 Å². The Balaban J connectivity index is 1.68. The number of rotatable bonds is 6. The van der Waals surface area contributed by atoms with Gasteiger partial charge in [-0.2, -0.15) is 0 Å². The zero-order valence-corrected chi connectivity index (χ0v) is 14.2. The summed E-state index contributed by atoms with van der Waals surface area (Å²) in [5.41, 5.74) is 1.93. The average molecular weight is 347 g/mol. The fourth-order valence-electron chi connectivity index (χ4n) is 2.46. The Bertz CT molecular complexity index is 757. The first-order valence-electron chi connectivity index (χ1n) is 7.34. The predicted molar refractivity (Wildman–Crippen MR) is 94.7 cm³/mol. The molecule has 7 heteroatoms. The van der Waals surface area contributed by atoms with E-state index in [-0.39, 0.29) is 22.8 Å². The van der Waals surface area contributed by atoms with Crippen molar-refractivity contribution < 1.29 is 9.59 Å². The first kappa shape index (κ1) is 16.1. The van der Waals surface area contributed by atoms with Crippen molar-refractivity contribution in [2.24, 2.45) is 0 Å². The van der Waals surface area contributed by atoms with E-state index in [0.717, 1.165) is 28.4 Å². The highest BCUT2D eigenvalue weighted by atomic mass is 32.2. The maximum Gasteiger partial charge on any atom is 0.231 e. The SMILES string of the molecule is C=CCn1c(SCC(=O)N[C@H]2CCSC2=O)nc2ccccc21. The highest BCUT2D eigenvalue weighted by molar-refractivity contribution is 8.14. The van der Waals surface area contributed by atoms with Crippen LogP contribution in [0, 0.1) is 0 Å². The molecule has 1 aliphatic heterocycles. The molecule has 0 saturated carbocycles.